The molecule has 0 amide bonds. The van der Waals surface area contributed by atoms with Crippen molar-refractivity contribution in [2.75, 3.05) is 0 Å². The lowest BCUT2D eigenvalue weighted by molar-refractivity contribution is 0.299. The van der Waals surface area contributed by atoms with Crippen LogP contribution >= 0.6 is 0 Å². The zero-order valence-electron chi connectivity index (χ0n) is 11.8. The van der Waals surface area contributed by atoms with Gasteiger partial charge in [0.05, 0.1) is 5.69 Å². The van der Waals surface area contributed by atoms with Gasteiger partial charge in [-0.15, -0.1) is 0 Å². The molecule has 0 aliphatic rings. The molecule has 0 radical (unpaired) electrons. The van der Waals surface area contributed by atoms with E-state index in [0.717, 1.165) is 22.7 Å². The van der Waals surface area contributed by atoms with E-state index in [1.165, 1.54) is 0 Å². The lowest BCUT2D eigenvalue weighted by Gasteiger charge is -2.13. The van der Waals surface area contributed by atoms with Crippen molar-refractivity contribution in [1.29, 1.82) is 0 Å². The summed E-state index contributed by atoms with van der Waals surface area (Å²) in [7, 11) is 0. The molecular weight excluding hydrogens is 252 g/mol. The van der Waals surface area contributed by atoms with E-state index in [4.69, 9.17) is 10.5 Å². The molecule has 106 valence electrons. The Morgan fingerprint density at radius 1 is 1.30 bits per heavy atom. The minimum atomic E-state index is 0.0346. The number of nitrogens with two attached hydrogens (primary N) is 1. The van der Waals surface area contributed by atoms with Crippen LogP contribution in [-0.4, -0.2) is 16.1 Å². The Morgan fingerprint density at radius 2 is 2.10 bits per heavy atom. The van der Waals surface area contributed by atoms with Crippen LogP contribution in [-0.2, 0) is 13.0 Å². The number of hydrogen-bond donors (Lipinski definition) is 2. The maximum Gasteiger partial charge on any atom is 0.141 e. The van der Waals surface area contributed by atoms with E-state index in [-0.39, 0.29) is 11.8 Å². The van der Waals surface area contributed by atoms with E-state index in [2.05, 4.69) is 4.98 Å². The molecule has 0 aliphatic carbocycles. The molecule has 2 rings (SSSR count). The number of phenols is 1. The van der Waals surface area contributed by atoms with Crippen molar-refractivity contribution in [3.05, 3.63) is 53.3 Å². The van der Waals surface area contributed by atoms with Crippen LogP contribution in [0.15, 0.2) is 36.4 Å². The maximum absolute atomic E-state index is 9.44. The molecule has 0 saturated carbocycles. The Balaban J connectivity index is 2.12. The SMILES string of the molecule is Cc1ccc(OCc2cccc(O)c2)c(CC(C)N)n1. The lowest BCUT2D eigenvalue weighted by Crippen LogP contribution is -2.19. The predicted octanol–water partition coefficient (Wildman–Crippen LogP) is 2.56. The van der Waals surface area contributed by atoms with Gasteiger partial charge < -0.3 is 15.6 Å². The molecule has 20 heavy (non-hydrogen) atoms. The first kappa shape index (κ1) is 14.3. The molecule has 0 fully saturated rings. The van der Waals surface area contributed by atoms with Crippen molar-refractivity contribution < 1.29 is 9.84 Å². The van der Waals surface area contributed by atoms with Crippen molar-refractivity contribution in [1.82, 2.24) is 4.98 Å². The summed E-state index contributed by atoms with van der Waals surface area (Å²) >= 11 is 0. The molecule has 1 heterocycles. The number of nitrogens with zero attached hydrogens (tertiary/aromatic N) is 1. The molecule has 0 aliphatic heterocycles. The second kappa shape index (κ2) is 6.39. The number of ether oxygens (including phenoxy) is 1. The zero-order valence-corrected chi connectivity index (χ0v) is 11.8. The van der Waals surface area contributed by atoms with Crippen molar-refractivity contribution in [3.8, 4) is 11.5 Å². The fourth-order valence-corrected chi connectivity index (χ4v) is 1.99. The standard InChI is InChI=1S/C16H20N2O2/c1-11(17)8-15-16(7-6-12(2)18-15)20-10-13-4-3-5-14(19)9-13/h3-7,9,11,19H,8,10,17H2,1-2H3. The topological polar surface area (TPSA) is 68.4 Å². The largest absolute Gasteiger partial charge is 0.508 e. The van der Waals surface area contributed by atoms with Crippen molar-refractivity contribution in [2.24, 2.45) is 5.73 Å². The number of benzene rings is 1. The molecule has 1 atom stereocenters. The van der Waals surface area contributed by atoms with Crippen LogP contribution in [0.25, 0.3) is 0 Å². The first-order valence-corrected chi connectivity index (χ1v) is 6.67. The Labute approximate surface area is 119 Å². The predicted molar refractivity (Wildman–Crippen MR) is 78.8 cm³/mol. The van der Waals surface area contributed by atoms with Gasteiger partial charge in [0.15, 0.2) is 0 Å². The van der Waals surface area contributed by atoms with E-state index >= 15 is 0 Å². The summed E-state index contributed by atoms with van der Waals surface area (Å²) in [5.41, 5.74) is 8.58. The fourth-order valence-electron chi connectivity index (χ4n) is 1.99. The number of aromatic nitrogens is 1. The van der Waals surface area contributed by atoms with Crippen LogP contribution in [0.3, 0.4) is 0 Å². The van der Waals surface area contributed by atoms with E-state index in [9.17, 15) is 5.11 Å². The summed E-state index contributed by atoms with van der Waals surface area (Å²) in [6.07, 6.45) is 0.678. The highest BCUT2D eigenvalue weighted by atomic mass is 16.5. The summed E-state index contributed by atoms with van der Waals surface area (Å²) in [4.78, 5) is 4.49. The number of aryl methyl sites for hydroxylation is 1. The summed E-state index contributed by atoms with van der Waals surface area (Å²) in [5.74, 6) is 0.986. The van der Waals surface area contributed by atoms with Gasteiger partial charge in [0.1, 0.15) is 18.1 Å². The highest BCUT2D eigenvalue weighted by molar-refractivity contribution is 5.31. The molecular formula is C16H20N2O2. The molecule has 4 nitrogen and oxygen atoms in total. The average Bonchev–Trinajstić information content (AvgIpc) is 2.37. The van der Waals surface area contributed by atoms with Crippen molar-refractivity contribution >= 4 is 0 Å². The van der Waals surface area contributed by atoms with Crippen LogP contribution in [0, 0.1) is 6.92 Å². The minimum absolute atomic E-state index is 0.0346. The van der Waals surface area contributed by atoms with Crippen LogP contribution in [0.4, 0.5) is 0 Å². The first-order valence-electron chi connectivity index (χ1n) is 6.67. The number of hydrogen-bond acceptors (Lipinski definition) is 4. The van der Waals surface area contributed by atoms with Crippen LogP contribution in [0.2, 0.25) is 0 Å². The lowest BCUT2D eigenvalue weighted by atomic mass is 10.1. The van der Waals surface area contributed by atoms with Gasteiger partial charge in [-0.2, -0.15) is 0 Å². The normalized spacial score (nSPS) is 12.2. The van der Waals surface area contributed by atoms with Crippen LogP contribution < -0.4 is 10.5 Å². The zero-order chi connectivity index (χ0) is 14.5. The van der Waals surface area contributed by atoms with E-state index in [1.54, 1.807) is 18.2 Å². The third-order valence-electron chi connectivity index (χ3n) is 2.89. The van der Waals surface area contributed by atoms with Gasteiger partial charge in [-0.1, -0.05) is 12.1 Å². The van der Waals surface area contributed by atoms with E-state index in [1.807, 2.05) is 32.0 Å². The van der Waals surface area contributed by atoms with Crippen molar-refractivity contribution in [2.45, 2.75) is 32.9 Å². The van der Waals surface area contributed by atoms with E-state index in [0.29, 0.717) is 13.0 Å². The van der Waals surface area contributed by atoms with Gasteiger partial charge in [-0.3, -0.25) is 4.98 Å². The Bertz CT molecular complexity index is 582. The number of aromatic hydroxyl groups is 1. The number of phenolic OH excluding ortho intramolecular Hbond substituents is 1. The second-order valence-electron chi connectivity index (χ2n) is 5.04. The van der Waals surface area contributed by atoms with Crippen molar-refractivity contribution in [3.63, 3.8) is 0 Å². The number of pyridine rings is 1. The molecule has 1 aromatic heterocycles. The Kier molecular flexibility index (Phi) is 4.58. The summed E-state index contributed by atoms with van der Waals surface area (Å²) < 4.78 is 5.80. The number of rotatable bonds is 5. The highest BCUT2D eigenvalue weighted by Gasteiger charge is 2.09. The summed E-state index contributed by atoms with van der Waals surface area (Å²) in [6.45, 7) is 4.29. The summed E-state index contributed by atoms with van der Waals surface area (Å²) in [6, 6.07) is 10.9. The molecule has 0 bridgehead atoms. The molecule has 0 spiro atoms. The fraction of sp³-hybridized carbons (Fsp3) is 0.312. The van der Waals surface area contributed by atoms with E-state index < -0.39 is 0 Å². The molecule has 0 saturated heterocycles. The van der Waals surface area contributed by atoms with Gasteiger partial charge in [0, 0.05) is 18.2 Å². The molecule has 2 aromatic rings. The molecule has 3 N–H and O–H groups in total. The van der Waals surface area contributed by atoms with Gasteiger partial charge >= 0.3 is 0 Å². The maximum atomic E-state index is 9.44. The second-order valence-corrected chi connectivity index (χ2v) is 5.04. The minimum Gasteiger partial charge on any atom is -0.508 e. The third-order valence-corrected chi connectivity index (χ3v) is 2.89. The first-order chi connectivity index (χ1) is 9.54. The highest BCUT2D eigenvalue weighted by Crippen LogP contribution is 2.20. The quantitative estimate of drug-likeness (QED) is 0.877. The Morgan fingerprint density at radius 3 is 2.80 bits per heavy atom. The van der Waals surface area contributed by atoms with Gasteiger partial charge in [-0.05, 0) is 43.7 Å². The van der Waals surface area contributed by atoms with Gasteiger partial charge in [0.2, 0.25) is 0 Å². The van der Waals surface area contributed by atoms with Crippen LogP contribution in [0.5, 0.6) is 11.5 Å². The monoisotopic (exact) mass is 272 g/mol. The Hall–Kier alpha value is -2.07. The van der Waals surface area contributed by atoms with Gasteiger partial charge in [-0.25, -0.2) is 0 Å². The summed E-state index contributed by atoms with van der Waals surface area (Å²) in [5, 5.41) is 9.44. The molecule has 1 unspecified atom stereocenters. The van der Waals surface area contributed by atoms with Gasteiger partial charge in [0.25, 0.3) is 0 Å². The third kappa shape index (κ3) is 3.96. The molecule has 1 aromatic carbocycles. The smallest absolute Gasteiger partial charge is 0.141 e. The van der Waals surface area contributed by atoms with Crippen LogP contribution in [0.1, 0.15) is 23.9 Å². The molecule has 4 heteroatoms. The average molecular weight is 272 g/mol.